The van der Waals surface area contributed by atoms with Crippen molar-refractivity contribution in [3.05, 3.63) is 24.0 Å². The Hall–Kier alpha value is -1.58. The maximum Gasteiger partial charge on any atom is 0.253 e. The third-order valence-electron chi connectivity index (χ3n) is 2.58. The molecule has 1 amide bonds. The number of aromatic nitrogens is 1. The van der Waals surface area contributed by atoms with Crippen molar-refractivity contribution in [3.8, 4) is 0 Å². The van der Waals surface area contributed by atoms with Gasteiger partial charge in [0, 0.05) is 19.8 Å². The van der Waals surface area contributed by atoms with Crippen LogP contribution < -0.4 is 10.6 Å². The maximum atomic E-state index is 11.9. The average Bonchev–Trinajstić information content (AvgIpc) is 2.34. The lowest BCUT2D eigenvalue weighted by Crippen LogP contribution is -2.25. The minimum absolute atomic E-state index is 0.0412. The van der Waals surface area contributed by atoms with E-state index in [4.69, 9.17) is 0 Å². The summed E-state index contributed by atoms with van der Waals surface area (Å²) in [5, 5.41) is 5.88. The lowest BCUT2D eigenvalue weighted by molar-refractivity contribution is 0.0953. The van der Waals surface area contributed by atoms with E-state index in [-0.39, 0.29) is 5.91 Å². The quantitative estimate of drug-likeness (QED) is 0.744. The van der Waals surface area contributed by atoms with E-state index >= 15 is 0 Å². The molecule has 0 radical (unpaired) electrons. The molecule has 4 heteroatoms. The summed E-state index contributed by atoms with van der Waals surface area (Å²) >= 11 is 0. The number of nitrogens with zero attached hydrogens (tertiary/aromatic N) is 1. The smallest absolute Gasteiger partial charge is 0.253 e. The van der Waals surface area contributed by atoms with E-state index in [2.05, 4.69) is 29.5 Å². The van der Waals surface area contributed by atoms with Crippen molar-refractivity contribution in [1.29, 1.82) is 0 Å². The van der Waals surface area contributed by atoms with Crippen LogP contribution in [0.4, 0.5) is 5.69 Å². The number of carbonyl (C=O) groups is 1. The normalized spacial score (nSPS) is 10.4. The molecule has 94 valence electrons. The van der Waals surface area contributed by atoms with Crippen molar-refractivity contribution in [1.82, 2.24) is 10.3 Å². The Balaban J connectivity index is 2.47. The van der Waals surface area contributed by atoms with E-state index in [1.54, 1.807) is 25.5 Å². The number of rotatable bonds is 6. The molecular formula is C13H21N3O. The second-order valence-electron chi connectivity index (χ2n) is 4.46. The lowest BCUT2D eigenvalue weighted by Gasteiger charge is -2.09. The summed E-state index contributed by atoms with van der Waals surface area (Å²) in [7, 11) is 1.78. The highest BCUT2D eigenvalue weighted by Crippen LogP contribution is 2.12. The molecule has 0 spiro atoms. The van der Waals surface area contributed by atoms with Gasteiger partial charge in [0.15, 0.2) is 0 Å². The van der Waals surface area contributed by atoms with Gasteiger partial charge in [0.2, 0.25) is 0 Å². The molecule has 0 aromatic carbocycles. The molecule has 1 rings (SSSR count). The molecule has 0 aliphatic carbocycles. The Morgan fingerprint density at radius 2 is 2.24 bits per heavy atom. The van der Waals surface area contributed by atoms with Crippen molar-refractivity contribution in [2.45, 2.75) is 26.7 Å². The highest BCUT2D eigenvalue weighted by Gasteiger charge is 2.09. The molecule has 1 heterocycles. The van der Waals surface area contributed by atoms with Gasteiger partial charge in [0.05, 0.1) is 17.4 Å². The topological polar surface area (TPSA) is 54.0 Å². The predicted octanol–water partition coefficient (Wildman–Crippen LogP) is 2.29. The van der Waals surface area contributed by atoms with Crippen LogP contribution >= 0.6 is 0 Å². The number of amides is 1. The van der Waals surface area contributed by atoms with E-state index in [9.17, 15) is 4.79 Å². The fourth-order valence-corrected chi connectivity index (χ4v) is 1.60. The van der Waals surface area contributed by atoms with Crippen molar-refractivity contribution in [2.75, 3.05) is 18.9 Å². The molecule has 2 N–H and O–H groups in total. The zero-order valence-corrected chi connectivity index (χ0v) is 10.8. The molecule has 4 nitrogen and oxygen atoms in total. The first-order valence-corrected chi connectivity index (χ1v) is 6.05. The van der Waals surface area contributed by atoms with E-state index in [1.165, 1.54) is 0 Å². The average molecular weight is 235 g/mol. The summed E-state index contributed by atoms with van der Waals surface area (Å²) in [6, 6.07) is 1.73. The van der Waals surface area contributed by atoms with Gasteiger partial charge in [-0.25, -0.2) is 0 Å². The predicted molar refractivity (Wildman–Crippen MR) is 70.2 cm³/mol. The van der Waals surface area contributed by atoms with Crippen LogP contribution in [0.3, 0.4) is 0 Å². The van der Waals surface area contributed by atoms with Crippen LogP contribution in [0.15, 0.2) is 18.5 Å². The van der Waals surface area contributed by atoms with Gasteiger partial charge in [-0.2, -0.15) is 0 Å². The zero-order valence-electron chi connectivity index (χ0n) is 10.8. The standard InChI is InChI=1S/C13H21N3O/c1-10(2)5-4-7-16-13(17)11-6-8-15-9-12(11)14-3/h6,8-10,14H,4-5,7H2,1-3H3,(H,16,17). The Morgan fingerprint density at radius 3 is 2.88 bits per heavy atom. The van der Waals surface area contributed by atoms with E-state index in [0.717, 1.165) is 25.1 Å². The second-order valence-corrected chi connectivity index (χ2v) is 4.46. The summed E-state index contributed by atoms with van der Waals surface area (Å²) in [6.07, 6.45) is 5.44. The number of nitrogens with one attached hydrogen (secondary N) is 2. The van der Waals surface area contributed by atoms with Crippen LogP contribution in [0.25, 0.3) is 0 Å². The number of pyridine rings is 1. The highest BCUT2D eigenvalue weighted by atomic mass is 16.1. The summed E-state index contributed by atoms with van der Waals surface area (Å²) in [4.78, 5) is 15.9. The van der Waals surface area contributed by atoms with Crippen LogP contribution in [-0.4, -0.2) is 24.5 Å². The van der Waals surface area contributed by atoms with Gasteiger partial charge < -0.3 is 10.6 Å². The molecular weight excluding hydrogens is 214 g/mol. The zero-order chi connectivity index (χ0) is 12.7. The minimum Gasteiger partial charge on any atom is -0.386 e. The summed E-state index contributed by atoms with van der Waals surface area (Å²) in [5.41, 5.74) is 1.40. The van der Waals surface area contributed by atoms with E-state index in [0.29, 0.717) is 11.5 Å². The van der Waals surface area contributed by atoms with Gasteiger partial charge in [0.25, 0.3) is 5.91 Å². The van der Waals surface area contributed by atoms with Crippen LogP contribution in [0.5, 0.6) is 0 Å². The number of anilines is 1. The van der Waals surface area contributed by atoms with Crippen LogP contribution in [0.1, 0.15) is 37.0 Å². The van der Waals surface area contributed by atoms with Crippen LogP contribution in [0.2, 0.25) is 0 Å². The number of hydrogen-bond acceptors (Lipinski definition) is 3. The molecule has 0 saturated heterocycles. The minimum atomic E-state index is -0.0412. The Morgan fingerprint density at radius 1 is 1.47 bits per heavy atom. The SMILES string of the molecule is CNc1cnccc1C(=O)NCCCC(C)C. The molecule has 0 bridgehead atoms. The molecule has 0 fully saturated rings. The van der Waals surface area contributed by atoms with Gasteiger partial charge in [-0.3, -0.25) is 9.78 Å². The summed E-state index contributed by atoms with van der Waals surface area (Å²) < 4.78 is 0. The molecule has 0 atom stereocenters. The van der Waals surface area contributed by atoms with Crippen LogP contribution in [0, 0.1) is 5.92 Å². The first kappa shape index (κ1) is 13.5. The van der Waals surface area contributed by atoms with E-state index in [1.807, 2.05) is 0 Å². The third-order valence-corrected chi connectivity index (χ3v) is 2.58. The molecule has 0 saturated carbocycles. The lowest BCUT2D eigenvalue weighted by atomic mass is 10.1. The monoisotopic (exact) mass is 235 g/mol. The maximum absolute atomic E-state index is 11.9. The van der Waals surface area contributed by atoms with Crippen molar-refractivity contribution in [2.24, 2.45) is 5.92 Å². The fourth-order valence-electron chi connectivity index (χ4n) is 1.60. The molecule has 0 aliphatic rings. The fraction of sp³-hybridized carbons (Fsp3) is 0.538. The van der Waals surface area contributed by atoms with Crippen molar-refractivity contribution in [3.63, 3.8) is 0 Å². The van der Waals surface area contributed by atoms with Crippen LogP contribution in [-0.2, 0) is 0 Å². The molecule has 1 aromatic rings. The Kier molecular flexibility index (Phi) is 5.46. The van der Waals surface area contributed by atoms with Gasteiger partial charge >= 0.3 is 0 Å². The van der Waals surface area contributed by atoms with Crippen molar-refractivity contribution < 1.29 is 4.79 Å². The Bertz CT molecular complexity index is 363. The molecule has 1 aromatic heterocycles. The molecule has 0 aliphatic heterocycles. The molecule has 0 unspecified atom stereocenters. The van der Waals surface area contributed by atoms with Gasteiger partial charge in [0.1, 0.15) is 0 Å². The van der Waals surface area contributed by atoms with Gasteiger partial charge in [-0.05, 0) is 24.8 Å². The molecule has 17 heavy (non-hydrogen) atoms. The van der Waals surface area contributed by atoms with Gasteiger partial charge in [-0.1, -0.05) is 13.8 Å². The van der Waals surface area contributed by atoms with Gasteiger partial charge in [-0.15, -0.1) is 0 Å². The highest BCUT2D eigenvalue weighted by molar-refractivity contribution is 5.99. The largest absolute Gasteiger partial charge is 0.386 e. The first-order valence-electron chi connectivity index (χ1n) is 6.05. The third kappa shape index (κ3) is 4.43. The summed E-state index contributed by atoms with van der Waals surface area (Å²) in [6.45, 7) is 5.09. The van der Waals surface area contributed by atoms with Crippen molar-refractivity contribution >= 4 is 11.6 Å². The number of hydrogen-bond donors (Lipinski definition) is 2. The second kappa shape index (κ2) is 6.89. The Labute approximate surface area is 103 Å². The number of carbonyl (C=O) groups excluding carboxylic acids is 1. The first-order chi connectivity index (χ1) is 8.15. The van der Waals surface area contributed by atoms with E-state index < -0.39 is 0 Å². The summed E-state index contributed by atoms with van der Waals surface area (Å²) in [5.74, 6) is 0.640.